The van der Waals surface area contributed by atoms with Crippen LogP contribution < -0.4 is 9.64 Å². The first-order valence-electron chi connectivity index (χ1n) is 10.5. The molecule has 3 aromatic carbocycles. The minimum Gasteiger partial charge on any atom is -0.428 e. The predicted molar refractivity (Wildman–Crippen MR) is 117 cm³/mol. The van der Waals surface area contributed by atoms with E-state index in [0.29, 0.717) is 5.56 Å². The van der Waals surface area contributed by atoms with Crippen molar-refractivity contribution in [1.29, 1.82) is 0 Å². The Labute approximate surface area is 201 Å². The van der Waals surface area contributed by atoms with Crippen molar-refractivity contribution in [2.75, 3.05) is 11.4 Å². The molecule has 36 heavy (non-hydrogen) atoms. The van der Waals surface area contributed by atoms with Gasteiger partial charge in [0.25, 0.3) is 0 Å². The Bertz CT molecular complexity index is 1170. The van der Waals surface area contributed by atoms with Crippen LogP contribution in [0.2, 0.25) is 0 Å². The average Bonchev–Trinajstić information content (AvgIpc) is 2.84. The fourth-order valence-corrected chi connectivity index (χ4v) is 3.30. The SMILES string of the molecule is O=C(c1ccccc1)c1cccc(N(Cc2ccccc2OC(F)(F)C(F)F)CC(O)C(F)(F)F)c1. The minimum atomic E-state index is -5.01. The van der Waals surface area contributed by atoms with Gasteiger partial charge in [-0.15, -0.1) is 0 Å². The minimum absolute atomic E-state index is 0.0514. The van der Waals surface area contributed by atoms with Crippen molar-refractivity contribution in [3.63, 3.8) is 0 Å². The number of hydrogen-bond donors (Lipinski definition) is 1. The fourth-order valence-electron chi connectivity index (χ4n) is 3.30. The van der Waals surface area contributed by atoms with Gasteiger partial charge in [-0.25, -0.2) is 0 Å². The van der Waals surface area contributed by atoms with Crippen LogP contribution in [0.15, 0.2) is 78.9 Å². The fraction of sp³-hybridized carbons (Fsp3) is 0.240. The maximum atomic E-state index is 13.5. The summed E-state index contributed by atoms with van der Waals surface area (Å²) in [5, 5.41) is 9.70. The quantitative estimate of drug-likeness (QED) is 0.263. The maximum absolute atomic E-state index is 13.5. The summed E-state index contributed by atoms with van der Waals surface area (Å²) in [6.07, 6.45) is -16.8. The number of para-hydroxylation sites is 1. The number of aliphatic hydroxyl groups excluding tert-OH is 1. The van der Waals surface area contributed by atoms with Gasteiger partial charge in [0.05, 0.1) is 6.54 Å². The molecule has 11 heteroatoms. The third-order valence-corrected chi connectivity index (χ3v) is 5.11. The lowest BCUT2D eigenvalue weighted by Gasteiger charge is -2.29. The molecule has 3 rings (SSSR count). The molecule has 0 saturated heterocycles. The van der Waals surface area contributed by atoms with E-state index in [1.54, 1.807) is 30.3 Å². The van der Waals surface area contributed by atoms with Crippen molar-refractivity contribution in [2.24, 2.45) is 0 Å². The first-order chi connectivity index (χ1) is 16.9. The number of rotatable bonds is 10. The van der Waals surface area contributed by atoms with Crippen molar-refractivity contribution in [3.8, 4) is 5.75 Å². The third kappa shape index (κ3) is 6.75. The zero-order valence-electron chi connectivity index (χ0n) is 18.4. The van der Waals surface area contributed by atoms with Gasteiger partial charge in [-0.3, -0.25) is 4.79 Å². The summed E-state index contributed by atoms with van der Waals surface area (Å²) in [4.78, 5) is 13.8. The largest absolute Gasteiger partial charge is 0.461 e. The molecule has 3 aromatic rings. The van der Waals surface area contributed by atoms with Crippen LogP contribution in [0.3, 0.4) is 0 Å². The topological polar surface area (TPSA) is 49.8 Å². The van der Waals surface area contributed by atoms with Gasteiger partial charge in [0.15, 0.2) is 11.9 Å². The van der Waals surface area contributed by atoms with Crippen LogP contribution >= 0.6 is 0 Å². The van der Waals surface area contributed by atoms with Gasteiger partial charge in [-0.2, -0.15) is 30.7 Å². The molecule has 1 N–H and O–H groups in total. The summed E-state index contributed by atoms with van der Waals surface area (Å²) in [6, 6.07) is 18.3. The Hall–Kier alpha value is -3.60. The van der Waals surface area contributed by atoms with Gasteiger partial charge < -0.3 is 14.7 Å². The zero-order chi connectivity index (χ0) is 26.5. The molecule has 0 aliphatic carbocycles. The van der Waals surface area contributed by atoms with E-state index in [1.807, 2.05) is 0 Å². The molecule has 0 aliphatic heterocycles. The number of aliphatic hydroxyl groups is 1. The van der Waals surface area contributed by atoms with Crippen LogP contribution in [-0.4, -0.2) is 42.2 Å². The predicted octanol–water partition coefficient (Wildman–Crippen LogP) is 6.08. The Morgan fingerprint density at radius 3 is 2.11 bits per heavy atom. The number of nitrogens with zero attached hydrogens (tertiary/aromatic N) is 1. The summed E-state index contributed by atoms with van der Waals surface area (Å²) in [7, 11) is 0. The second kappa shape index (κ2) is 11.0. The number of anilines is 1. The van der Waals surface area contributed by atoms with Gasteiger partial charge in [0.2, 0.25) is 0 Å². The Morgan fingerprint density at radius 2 is 1.47 bits per heavy atom. The molecule has 0 aliphatic rings. The number of alkyl halides is 7. The molecular formula is C25H20F7NO3. The molecule has 4 nitrogen and oxygen atoms in total. The molecule has 0 amide bonds. The summed E-state index contributed by atoms with van der Waals surface area (Å²) < 4.78 is 96.0. The highest BCUT2D eigenvalue weighted by Gasteiger charge is 2.44. The van der Waals surface area contributed by atoms with Crippen molar-refractivity contribution in [3.05, 3.63) is 95.6 Å². The summed E-state index contributed by atoms with van der Waals surface area (Å²) in [5.41, 5.74) is 0.353. The number of ketones is 1. The highest BCUT2D eigenvalue weighted by Crippen LogP contribution is 2.32. The van der Waals surface area contributed by atoms with E-state index < -0.39 is 49.4 Å². The lowest BCUT2D eigenvalue weighted by atomic mass is 10.0. The van der Waals surface area contributed by atoms with Gasteiger partial charge in [-0.05, 0) is 18.2 Å². The molecule has 1 unspecified atom stereocenters. The highest BCUT2D eigenvalue weighted by molar-refractivity contribution is 6.09. The zero-order valence-corrected chi connectivity index (χ0v) is 18.4. The molecule has 1 atom stereocenters. The Kier molecular flexibility index (Phi) is 8.24. The van der Waals surface area contributed by atoms with E-state index in [4.69, 9.17) is 0 Å². The lowest BCUT2D eigenvalue weighted by Crippen LogP contribution is -2.41. The second-order valence-electron chi connectivity index (χ2n) is 7.76. The van der Waals surface area contributed by atoms with E-state index in [9.17, 15) is 40.6 Å². The van der Waals surface area contributed by atoms with E-state index in [2.05, 4.69) is 4.74 Å². The monoisotopic (exact) mass is 515 g/mol. The van der Waals surface area contributed by atoms with E-state index in [1.165, 1.54) is 42.5 Å². The van der Waals surface area contributed by atoms with Crippen molar-refractivity contribution < 1.29 is 45.4 Å². The van der Waals surface area contributed by atoms with Crippen LogP contribution in [0.1, 0.15) is 21.5 Å². The molecular weight excluding hydrogens is 495 g/mol. The summed E-state index contributed by atoms with van der Waals surface area (Å²) in [5.74, 6) is -1.10. The highest BCUT2D eigenvalue weighted by atomic mass is 19.4. The maximum Gasteiger partial charge on any atom is 0.461 e. The number of hydrogen-bond acceptors (Lipinski definition) is 4. The summed E-state index contributed by atoms with van der Waals surface area (Å²) >= 11 is 0. The van der Waals surface area contributed by atoms with Crippen LogP contribution in [0.25, 0.3) is 0 Å². The molecule has 0 aromatic heterocycles. The molecule has 0 heterocycles. The molecule has 0 spiro atoms. The summed E-state index contributed by atoms with van der Waals surface area (Å²) in [6.45, 7) is -1.57. The van der Waals surface area contributed by atoms with Gasteiger partial charge in [0, 0.05) is 28.9 Å². The van der Waals surface area contributed by atoms with Gasteiger partial charge >= 0.3 is 18.7 Å². The number of ether oxygens (including phenoxy) is 1. The molecule has 0 saturated carbocycles. The van der Waals surface area contributed by atoms with Crippen LogP contribution in [0.4, 0.5) is 36.4 Å². The van der Waals surface area contributed by atoms with Crippen LogP contribution in [-0.2, 0) is 6.54 Å². The number of carbonyl (C=O) groups is 1. The van der Waals surface area contributed by atoms with Crippen LogP contribution in [0, 0.1) is 0 Å². The van der Waals surface area contributed by atoms with E-state index in [0.717, 1.165) is 11.0 Å². The van der Waals surface area contributed by atoms with E-state index in [-0.39, 0.29) is 16.8 Å². The van der Waals surface area contributed by atoms with Crippen LogP contribution in [0.5, 0.6) is 5.75 Å². The Morgan fingerprint density at radius 1 is 0.861 bits per heavy atom. The Balaban J connectivity index is 1.98. The molecule has 0 fully saturated rings. The smallest absolute Gasteiger partial charge is 0.428 e. The van der Waals surface area contributed by atoms with E-state index >= 15 is 0 Å². The van der Waals surface area contributed by atoms with Gasteiger partial charge in [-0.1, -0.05) is 60.7 Å². The van der Waals surface area contributed by atoms with Crippen molar-refractivity contribution in [1.82, 2.24) is 0 Å². The van der Waals surface area contributed by atoms with Crippen molar-refractivity contribution in [2.45, 2.75) is 31.4 Å². The number of benzene rings is 3. The third-order valence-electron chi connectivity index (χ3n) is 5.11. The first kappa shape index (κ1) is 27.0. The van der Waals surface area contributed by atoms with Crippen molar-refractivity contribution >= 4 is 11.5 Å². The molecule has 0 radical (unpaired) electrons. The second-order valence-corrected chi connectivity index (χ2v) is 7.76. The first-order valence-corrected chi connectivity index (χ1v) is 10.5. The average molecular weight is 515 g/mol. The molecule has 192 valence electrons. The standard InChI is InChI=1S/C25H20F7NO3/c26-23(27)25(31,32)36-20-12-5-4-9-18(20)14-33(15-21(34)24(28,29)30)19-11-6-10-17(13-19)22(35)16-7-2-1-3-8-16/h1-13,21,23,34H,14-15H2. The lowest BCUT2D eigenvalue weighted by molar-refractivity contribution is -0.253. The normalized spacial score (nSPS) is 12.9. The van der Waals surface area contributed by atoms with Gasteiger partial charge in [0.1, 0.15) is 5.75 Å². The number of halogens is 7. The number of carbonyl (C=O) groups excluding carboxylic acids is 1. The molecule has 0 bridgehead atoms.